The number of nitrogens with zero attached hydrogens (tertiary/aromatic N) is 1. The predicted octanol–water partition coefficient (Wildman–Crippen LogP) is 4.27. The molecule has 0 aliphatic carbocycles. The highest BCUT2D eigenvalue weighted by Gasteiger charge is 2.20. The van der Waals surface area contributed by atoms with Crippen LogP contribution in [0.25, 0.3) is 0 Å². The van der Waals surface area contributed by atoms with E-state index in [2.05, 4.69) is 5.32 Å². The van der Waals surface area contributed by atoms with Crippen molar-refractivity contribution in [3.8, 4) is 11.5 Å². The number of benzene rings is 2. The number of methoxy groups -OCH3 is 1. The Hall–Kier alpha value is -2.52. The van der Waals surface area contributed by atoms with Crippen LogP contribution in [0.1, 0.15) is 19.4 Å². The number of rotatable bonds is 7. The zero-order valence-electron chi connectivity index (χ0n) is 16.4. The molecule has 0 bridgehead atoms. The molecule has 2 aromatic rings. The molecule has 0 aliphatic rings. The minimum Gasteiger partial charge on any atom is -0.493 e. The topological polar surface area (TPSA) is 84.9 Å². The molecule has 0 saturated carbocycles. The Labute approximate surface area is 174 Å². The molecular weight excluding hydrogens is 423 g/mol. The Kier molecular flexibility index (Phi) is 7.32. The van der Waals surface area contributed by atoms with Crippen molar-refractivity contribution in [1.29, 1.82) is 0 Å². The largest absolute Gasteiger partial charge is 0.493 e. The highest BCUT2D eigenvalue weighted by molar-refractivity contribution is 7.86. The molecule has 2 aromatic carbocycles. The van der Waals surface area contributed by atoms with Crippen molar-refractivity contribution in [2.24, 2.45) is 0 Å². The van der Waals surface area contributed by atoms with Crippen molar-refractivity contribution in [1.82, 2.24) is 4.90 Å². The highest BCUT2D eigenvalue weighted by atomic mass is 35.5. The van der Waals surface area contributed by atoms with Crippen LogP contribution in [-0.2, 0) is 16.7 Å². The maximum Gasteiger partial charge on any atom is 0.322 e. The van der Waals surface area contributed by atoms with Crippen molar-refractivity contribution in [2.75, 3.05) is 18.7 Å². The van der Waals surface area contributed by atoms with Gasteiger partial charge in [0.25, 0.3) is 0 Å². The summed E-state index contributed by atoms with van der Waals surface area (Å²) in [4.78, 5) is 14.2. The molecule has 158 valence electrons. The molecule has 0 radical (unpaired) electrons. The Morgan fingerprint density at radius 2 is 1.90 bits per heavy atom. The van der Waals surface area contributed by atoms with Crippen LogP contribution in [0.15, 0.2) is 36.4 Å². The number of carbonyl (C=O) groups is 1. The van der Waals surface area contributed by atoms with Gasteiger partial charge in [0.05, 0.1) is 18.4 Å². The maximum absolute atomic E-state index is 13.3. The van der Waals surface area contributed by atoms with Gasteiger partial charge in [-0.3, -0.25) is 0 Å². The lowest BCUT2D eigenvalue weighted by Gasteiger charge is -2.27. The van der Waals surface area contributed by atoms with E-state index >= 15 is 0 Å². The molecule has 7 nitrogen and oxygen atoms in total. The highest BCUT2D eigenvalue weighted by Crippen LogP contribution is 2.30. The Balaban J connectivity index is 2.24. The van der Waals surface area contributed by atoms with E-state index in [0.717, 1.165) is 12.3 Å². The van der Waals surface area contributed by atoms with Crippen LogP contribution in [-0.4, -0.2) is 38.8 Å². The van der Waals surface area contributed by atoms with Crippen molar-refractivity contribution in [3.05, 3.63) is 52.8 Å². The molecule has 2 amide bonds. The molecule has 0 aliphatic heterocycles. The number of ether oxygens (including phenoxy) is 1. The van der Waals surface area contributed by atoms with E-state index < -0.39 is 22.0 Å². The molecule has 10 heteroatoms. The Morgan fingerprint density at radius 3 is 2.45 bits per heavy atom. The number of carbonyl (C=O) groups excluding carboxylic acids is 1. The molecule has 0 spiro atoms. The van der Waals surface area contributed by atoms with Gasteiger partial charge < -0.3 is 19.1 Å². The lowest BCUT2D eigenvalue weighted by Crippen LogP contribution is -2.39. The average molecular weight is 445 g/mol. The standard InChI is InChI=1S/C19H22ClFN2O5S/c1-12(2)23(19(24)22-14-6-7-16(21)15(20)10-14)11-13-5-8-17(27-3)18(9-13)28-29(4,25)26/h5-10,12H,11H2,1-4H3,(H,22,24). The predicted molar refractivity (Wildman–Crippen MR) is 110 cm³/mol. The van der Waals surface area contributed by atoms with E-state index in [9.17, 15) is 17.6 Å². The molecule has 2 rings (SSSR count). The molecule has 0 unspecified atom stereocenters. The van der Waals surface area contributed by atoms with E-state index in [1.165, 1.54) is 30.2 Å². The minimum atomic E-state index is -3.75. The van der Waals surface area contributed by atoms with Gasteiger partial charge in [0, 0.05) is 18.3 Å². The van der Waals surface area contributed by atoms with Gasteiger partial charge in [-0.2, -0.15) is 8.42 Å². The van der Waals surface area contributed by atoms with Gasteiger partial charge in [0.1, 0.15) is 5.82 Å². The number of hydrogen-bond acceptors (Lipinski definition) is 5. The molecule has 29 heavy (non-hydrogen) atoms. The zero-order valence-corrected chi connectivity index (χ0v) is 18.0. The zero-order chi connectivity index (χ0) is 21.8. The van der Waals surface area contributed by atoms with Gasteiger partial charge in [-0.15, -0.1) is 0 Å². The summed E-state index contributed by atoms with van der Waals surface area (Å²) in [6.07, 6.45) is 0.931. The number of nitrogens with one attached hydrogen (secondary N) is 1. The number of urea groups is 1. The summed E-state index contributed by atoms with van der Waals surface area (Å²) in [5.74, 6) is -0.301. The summed E-state index contributed by atoms with van der Waals surface area (Å²) in [5, 5.41) is 2.57. The molecule has 0 fully saturated rings. The van der Waals surface area contributed by atoms with Gasteiger partial charge in [-0.25, -0.2) is 9.18 Å². The number of anilines is 1. The average Bonchev–Trinajstić information content (AvgIpc) is 2.61. The molecule has 0 saturated heterocycles. The fourth-order valence-electron chi connectivity index (χ4n) is 2.50. The number of halogens is 2. The third kappa shape index (κ3) is 6.50. The smallest absolute Gasteiger partial charge is 0.322 e. The molecule has 0 heterocycles. The summed E-state index contributed by atoms with van der Waals surface area (Å²) < 4.78 is 46.4. The van der Waals surface area contributed by atoms with Gasteiger partial charge in [-0.05, 0) is 49.7 Å². The quantitative estimate of drug-likeness (QED) is 0.644. The summed E-state index contributed by atoms with van der Waals surface area (Å²) in [7, 11) is -2.36. The van der Waals surface area contributed by atoms with Crippen molar-refractivity contribution in [2.45, 2.75) is 26.4 Å². The van der Waals surface area contributed by atoms with Crippen LogP contribution < -0.4 is 14.2 Å². The van der Waals surface area contributed by atoms with E-state index in [1.54, 1.807) is 12.1 Å². The van der Waals surface area contributed by atoms with Crippen LogP contribution in [0.2, 0.25) is 5.02 Å². The molecule has 0 atom stereocenters. The Morgan fingerprint density at radius 1 is 1.21 bits per heavy atom. The second kappa shape index (κ2) is 9.32. The van der Waals surface area contributed by atoms with Crippen LogP contribution >= 0.6 is 11.6 Å². The summed E-state index contributed by atoms with van der Waals surface area (Å²) >= 11 is 5.75. The third-order valence-corrected chi connectivity index (χ3v) is 4.65. The van der Waals surface area contributed by atoms with Crippen LogP contribution in [0.5, 0.6) is 11.5 Å². The van der Waals surface area contributed by atoms with E-state index in [1.807, 2.05) is 13.8 Å². The Bertz CT molecular complexity index is 998. The van der Waals surface area contributed by atoms with Crippen molar-refractivity contribution < 1.29 is 26.5 Å². The van der Waals surface area contributed by atoms with Crippen LogP contribution in [0.4, 0.5) is 14.9 Å². The van der Waals surface area contributed by atoms with E-state index in [0.29, 0.717) is 11.3 Å². The minimum absolute atomic E-state index is 0.0296. The van der Waals surface area contributed by atoms with Crippen molar-refractivity contribution in [3.63, 3.8) is 0 Å². The fraction of sp³-hybridized carbons (Fsp3) is 0.316. The fourth-order valence-corrected chi connectivity index (χ4v) is 3.14. The first-order chi connectivity index (χ1) is 13.5. The summed E-state index contributed by atoms with van der Waals surface area (Å²) in [6.45, 7) is 3.83. The van der Waals surface area contributed by atoms with Crippen LogP contribution in [0, 0.1) is 5.82 Å². The lowest BCUT2D eigenvalue weighted by atomic mass is 10.1. The van der Waals surface area contributed by atoms with Gasteiger partial charge in [0.2, 0.25) is 0 Å². The normalized spacial score (nSPS) is 11.3. The van der Waals surface area contributed by atoms with Gasteiger partial charge >= 0.3 is 16.1 Å². The molecule has 0 aromatic heterocycles. The first-order valence-corrected chi connectivity index (χ1v) is 10.8. The van der Waals surface area contributed by atoms with Crippen molar-refractivity contribution >= 4 is 33.4 Å². The van der Waals surface area contributed by atoms with E-state index in [-0.39, 0.29) is 29.1 Å². The van der Waals surface area contributed by atoms with Crippen LogP contribution in [0.3, 0.4) is 0 Å². The van der Waals surface area contributed by atoms with Gasteiger partial charge in [-0.1, -0.05) is 17.7 Å². The SMILES string of the molecule is COc1ccc(CN(C(=O)Nc2ccc(F)c(Cl)c2)C(C)C)cc1OS(C)(=O)=O. The summed E-state index contributed by atoms with van der Waals surface area (Å²) in [5.41, 5.74) is 0.980. The summed E-state index contributed by atoms with van der Waals surface area (Å²) in [6, 6.07) is 8.03. The second-order valence-corrected chi connectivity index (χ2v) is 8.54. The lowest BCUT2D eigenvalue weighted by molar-refractivity contribution is 0.193. The molecule has 1 N–H and O–H groups in total. The second-order valence-electron chi connectivity index (χ2n) is 6.55. The maximum atomic E-state index is 13.3. The number of amides is 2. The van der Waals surface area contributed by atoms with Gasteiger partial charge in [0.15, 0.2) is 11.5 Å². The third-order valence-electron chi connectivity index (χ3n) is 3.88. The molecular formula is C19H22ClFN2O5S. The first-order valence-electron chi connectivity index (χ1n) is 8.59. The van der Waals surface area contributed by atoms with E-state index in [4.69, 9.17) is 20.5 Å². The number of hydrogen-bond donors (Lipinski definition) is 1. The first kappa shape index (κ1) is 22.8. The monoisotopic (exact) mass is 444 g/mol.